The van der Waals surface area contributed by atoms with Crippen LogP contribution in [0.15, 0.2) is 11.8 Å². The van der Waals surface area contributed by atoms with Gasteiger partial charge in [-0.2, -0.15) is 0 Å². The quantitative estimate of drug-likeness (QED) is 0.475. The Bertz CT molecular complexity index is 212. The van der Waals surface area contributed by atoms with Crippen molar-refractivity contribution < 1.29 is 56.5 Å². The summed E-state index contributed by atoms with van der Waals surface area (Å²) in [5.41, 5.74) is 0.478. The number of allylic oxidation sites excluding steroid dienone is 2. The maximum Gasteiger partial charge on any atom is 1.00 e. The molecule has 0 N–H and O–H groups in total. The first kappa shape index (κ1) is 12.2. The molecule has 0 saturated heterocycles. The molecule has 0 aromatic rings. The standard InChI is InChI=1S/C11H18O.K/c1-11-6-3-2-4-9(11)8-10(12)5-7-11;/h8-9,12H,2-7H2,1H3;/q;+1/p-1/t9-,11-;/m0./s1. The van der Waals surface area contributed by atoms with Gasteiger partial charge in [0.25, 0.3) is 0 Å². The molecule has 0 aliphatic heterocycles. The molecule has 2 heteroatoms. The second-order valence-corrected chi connectivity index (χ2v) is 4.64. The van der Waals surface area contributed by atoms with Crippen molar-refractivity contribution in [1.82, 2.24) is 0 Å². The molecule has 2 aliphatic carbocycles. The summed E-state index contributed by atoms with van der Waals surface area (Å²) < 4.78 is 0. The van der Waals surface area contributed by atoms with Crippen molar-refractivity contribution in [2.45, 2.75) is 45.4 Å². The third kappa shape index (κ3) is 2.60. The summed E-state index contributed by atoms with van der Waals surface area (Å²) in [5.74, 6) is 0.992. The van der Waals surface area contributed by atoms with Crippen LogP contribution in [0.5, 0.6) is 0 Å². The molecule has 1 fully saturated rings. The maximum atomic E-state index is 11.2. The Hall–Kier alpha value is 1.18. The van der Waals surface area contributed by atoms with E-state index < -0.39 is 0 Å². The molecule has 0 bridgehead atoms. The Balaban J connectivity index is 0.000000845. The normalized spacial score (nSPS) is 38.5. The molecule has 0 radical (unpaired) electrons. The Labute approximate surface area is 123 Å². The zero-order valence-corrected chi connectivity index (χ0v) is 11.9. The van der Waals surface area contributed by atoms with Crippen LogP contribution in [-0.2, 0) is 0 Å². The molecule has 2 aliphatic rings. The molecular formula is C11H17KO. The van der Waals surface area contributed by atoms with E-state index >= 15 is 0 Å². The smallest absolute Gasteiger partial charge is 0.876 e. The molecule has 13 heavy (non-hydrogen) atoms. The van der Waals surface area contributed by atoms with Crippen molar-refractivity contribution in [2.24, 2.45) is 11.3 Å². The van der Waals surface area contributed by atoms with E-state index in [1.54, 1.807) is 0 Å². The average Bonchev–Trinajstić information content (AvgIpc) is 2.06. The minimum absolute atomic E-state index is 0. The van der Waals surface area contributed by atoms with Crippen LogP contribution in [-0.4, -0.2) is 0 Å². The summed E-state index contributed by atoms with van der Waals surface area (Å²) >= 11 is 0. The summed E-state index contributed by atoms with van der Waals surface area (Å²) in [6.45, 7) is 2.36. The molecule has 0 aromatic heterocycles. The molecule has 0 amide bonds. The van der Waals surface area contributed by atoms with Crippen molar-refractivity contribution in [3.05, 3.63) is 11.8 Å². The molecule has 2 rings (SSSR count). The second-order valence-electron chi connectivity index (χ2n) is 4.64. The maximum absolute atomic E-state index is 11.2. The van der Waals surface area contributed by atoms with Gasteiger partial charge in [-0.05, 0) is 37.0 Å². The van der Waals surface area contributed by atoms with Gasteiger partial charge in [0.15, 0.2) is 0 Å². The molecule has 1 saturated carbocycles. The third-order valence-electron chi connectivity index (χ3n) is 3.74. The van der Waals surface area contributed by atoms with Crippen molar-refractivity contribution in [1.29, 1.82) is 0 Å². The van der Waals surface area contributed by atoms with E-state index in [1.165, 1.54) is 25.7 Å². The van der Waals surface area contributed by atoms with Crippen molar-refractivity contribution in [2.75, 3.05) is 0 Å². The molecule has 0 aromatic carbocycles. The number of rotatable bonds is 0. The minimum atomic E-state index is 0. The second kappa shape index (κ2) is 4.80. The van der Waals surface area contributed by atoms with Crippen LogP contribution >= 0.6 is 0 Å². The predicted octanol–water partition coefficient (Wildman–Crippen LogP) is -0.775. The van der Waals surface area contributed by atoms with E-state index in [4.69, 9.17) is 0 Å². The van der Waals surface area contributed by atoms with Gasteiger partial charge < -0.3 is 5.11 Å². The Morgan fingerprint density at radius 1 is 1.38 bits per heavy atom. The number of hydrogen-bond donors (Lipinski definition) is 0. The topological polar surface area (TPSA) is 23.1 Å². The fourth-order valence-electron chi connectivity index (χ4n) is 2.74. The number of fused-ring (bicyclic) bond motifs is 1. The van der Waals surface area contributed by atoms with Crippen LogP contribution in [0.3, 0.4) is 0 Å². The molecule has 0 heterocycles. The largest absolute Gasteiger partial charge is 1.00 e. The van der Waals surface area contributed by atoms with Crippen molar-refractivity contribution in [3.63, 3.8) is 0 Å². The van der Waals surface area contributed by atoms with Crippen molar-refractivity contribution in [3.8, 4) is 0 Å². The van der Waals surface area contributed by atoms with Crippen LogP contribution in [0, 0.1) is 11.3 Å². The van der Waals surface area contributed by atoms with Crippen LogP contribution in [0.2, 0.25) is 0 Å². The van der Waals surface area contributed by atoms with E-state index in [1.807, 2.05) is 6.08 Å². The Morgan fingerprint density at radius 3 is 2.92 bits per heavy atom. The van der Waals surface area contributed by atoms with Crippen LogP contribution in [0.4, 0.5) is 0 Å². The first-order valence-corrected chi connectivity index (χ1v) is 5.08. The molecule has 68 valence electrons. The van der Waals surface area contributed by atoms with Gasteiger partial charge in [-0.15, -0.1) is 5.76 Å². The van der Waals surface area contributed by atoms with Gasteiger partial charge in [0.1, 0.15) is 0 Å². The molecule has 0 spiro atoms. The summed E-state index contributed by atoms with van der Waals surface area (Å²) in [7, 11) is 0. The average molecular weight is 204 g/mol. The van der Waals surface area contributed by atoms with Gasteiger partial charge in [0, 0.05) is 0 Å². The fraction of sp³-hybridized carbons (Fsp3) is 0.818. The summed E-state index contributed by atoms with van der Waals surface area (Å²) in [4.78, 5) is 0. The van der Waals surface area contributed by atoms with Gasteiger partial charge in [-0.1, -0.05) is 25.8 Å². The summed E-state index contributed by atoms with van der Waals surface area (Å²) in [6.07, 6.45) is 9.21. The van der Waals surface area contributed by atoms with Gasteiger partial charge in [0.2, 0.25) is 0 Å². The third-order valence-corrected chi connectivity index (χ3v) is 3.74. The summed E-state index contributed by atoms with van der Waals surface area (Å²) in [5, 5.41) is 11.2. The van der Waals surface area contributed by atoms with E-state index in [0.717, 1.165) is 12.8 Å². The zero-order valence-electron chi connectivity index (χ0n) is 8.81. The van der Waals surface area contributed by atoms with E-state index in [2.05, 4.69) is 6.92 Å². The summed E-state index contributed by atoms with van der Waals surface area (Å²) in [6, 6.07) is 0. The Morgan fingerprint density at radius 2 is 2.15 bits per heavy atom. The zero-order chi connectivity index (χ0) is 8.60. The fourth-order valence-corrected chi connectivity index (χ4v) is 2.74. The van der Waals surface area contributed by atoms with Gasteiger partial charge in [-0.25, -0.2) is 0 Å². The molecule has 1 nitrogen and oxygen atoms in total. The number of hydrogen-bond acceptors (Lipinski definition) is 1. The van der Waals surface area contributed by atoms with Gasteiger partial charge in [0.05, 0.1) is 0 Å². The van der Waals surface area contributed by atoms with E-state index in [0.29, 0.717) is 17.1 Å². The SMILES string of the molecule is C[C@@]12CCCC[C@H]1C=C([O-])CC2.[K+]. The first-order chi connectivity index (χ1) is 5.71. The monoisotopic (exact) mass is 204 g/mol. The first-order valence-electron chi connectivity index (χ1n) is 5.08. The Kier molecular flexibility index (Phi) is 4.52. The van der Waals surface area contributed by atoms with E-state index in [9.17, 15) is 5.11 Å². The van der Waals surface area contributed by atoms with Gasteiger partial charge in [-0.3, -0.25) is 0 Å². The van der Waals surface area contributed by atoms with Crippen LogP contribution < -0.4 is 56.5 Å². The van der Waals surface area contributed by atoms with E-state index in [-0.39, 0.29) is 51.4 Å². The predicted molar refractivity (Wildman–Crippen MR) is 47.4 cm³/mol. The minimum Gasteiger partial charge on any atom is -0.876 e. The van der Waals surface area contributed by atoms with Gasteiger partial charge >= 0.3 is 51.4 Å². The van der Waals surface area contributed by atoms with Crippen molar-refractivity contribution >= 4 is 0 Å². The van der Waals surface area contributed by atoms with Crippen LogP contribution in [0.25, 0.3) is 0 Å². The molecular weight excluding hydrogens is 187 g/mol. The molecule has 2 atom stereocenters. The molecule has 0 unspecified atom stereocenters. The van der Waals surface area contributed by atoms with Crippen LogP contribution in [0.1, 0.15) is 45.4 Å².